The summed E-state index contributed by atoms with van der Waals surface area (Å²) in [6, 6.07) is 7.98. The highest BCUT2D eigenvalue weighted by Crippen LogP contribution is 2.23. The molecule has 0 aliphatic carbocycles. The molecule has 0 bridgehead atoms. The van der Waals surface area contributed by atoms with Crippen molar-refractivity contribution in [1.82, 2.24) is 4.90 Å². The largest absolute Gasteiger partial charge is 0.495 e. The van der Waals surface area contributed by atoms with Crippen molar-refractivity contribution in [3.05, 3.63) is 24.3 Å². The van der Waals surface area contributed by atoms with Crippen LogP contribution in [0.3, 0.4) is 0 Å². The average molecular weight is 262 g/mol. The summed E-state index contributed by atoms with van der Waals surface area (Å²) in [5, 5.41) is 2.92. The molecular weight excluding hydrogens is 240 g/mol. The number of amides is 1. The fourth-order valence-corrected chi connectivity index (χ4v) is 2.51. The lowest BCUT2D eigenvalue weighted by Crippen LogP contribution is -2.42. The molecule has 1 fully saturated rings. The molecule has 1 N–H and O–H groups in total. The van der Waals surface area contributed by atoms with Crippen molar-refractivity contribution >= 4 is 11.6 Å². The third-order valence-corrected chi connectivity index (χ3v) is 3.67. The Balaban J connectivity index is 1.93. The number of hydrogen-bond donors (Lipinski definition) is 1. The molecule has 1 amide bonds. The Hall–Kier alpha value is -1.55. The molecule has 0 saturated carbocycles. The van der Waals surface area contributed by atoms with Crippen molar-refractivity contribution in [3.8, 4) is 5.75 Å². The number of hydrogen-bond acceptors (Lipinski definition) is 3. The first-order chi connectivity index (χ1) is 9.20. The van der Waals surface area contributed by atoms with E-state index in [1.165, 1.54) is 19.3 Å². The maximum atomic E-state index is 12.1. The molecular formula is C15H22N2O2. The summed E-state index contributed by atoms with van der Waals surface area (Å²) < 4.78 is 5.23. The van der Waals surface area contributed by atoms with Crippen LogP contribution in [0.25, 0.3) is 0 Å². The Morgan fingerprint density at radius 1 is 1.42 bits per heavy atom. The zero-order chi connectivity index (χ0) is 13.7. The molecule has 0 radical (unpaired) electrons. The number of benzene rings is 1. The van der Waals surface area contributed by atoms with Crippen molar-refractivity contribution in [1.29, 1.82) is 0 Å². The van der Waals surface area contributed by atoms with Crippen LogP contribution in [-0.2, 0) is 4.79 Å². The number of methoxy groups -OCH3 is 1. The van der Waals surface area contributed by atoms with Crippen molar-refractivity contribution in [2.75, 3.05) is 25.5 Å². The van der Waals surface area contributed by atoms with Gasteiger partial charge in [-0.05, 0) is 38.4 Å². The van der Waals surface area contributed by atoms with E-state index in [1.54, 1.807) is 7.11 Å². The summed E-state index contributed by atoms with van der Waals surface area (Å²) in [4.78, 5) is 14.3. The molecule has 0 aromatic heterocycles. The quantitative estimate of drug-likeness (QED) is 0.906. The number of rotatable bonds is 4. The van der Waals surface area contributed by atoms with Crippen molar-refractivity contribution in [3.63, 3.8) is 0 Å². The highest BCUT2D eigenvalue weighted by atomic mass is 16.5. The van der Waals surface area contributed by atoms with Crippen LogP contribution in [0.1, 0.15) is 26.2 Å². The molecule has 1 atom stereocenters. The first kappa shape index (κ1) is 13.9. The number of nitrogens with one attached hydrogen (secondary N) is 1. The Morgan fingerprint density at radius 2 is 2.21 bits per heavy atom. The molecule has 19 heavy (non-hydrogen) atoms. The monoisotopic (exact) mass is 262 g/mol. The van der Waals surface area contributed by atoms with E-state index in [9.17, 15) is 4.79 Å². The molecule has 1 aliphatic rings. The molecule has 1 aliphatic heterocycles. The first-order valence-electron chi connectivity index (χ1n) is 6.87. The van der Waals surface area contributed by atoms with E-state index in [-0.39, 0.29) is 5.91 Å². The zero-order valence-corrected chi connectivity index (χ0v) is 11.7. The fraction of sp³-hybridized carbons (Fsp3) is 0.533. The third kappa shape index (κ3) is 3.70. The van der Waals surface area contributed by atoms with Gasteiger partial charge in [0, 0.05) is 6.04 Å². The lowest BCUT2D eigenvalue weighted by Gasteiger charge is -2.32. The van der Waals surface area contributed by atoms with Crippen molar-refractivity contribution in [2.24, 2.45) is 0 Å². The molecule has 1 heterocycles. The smallest absolute Gasteiger partial charge is 0.238 e. The predicted molar refractivity (Wildman–Crippen MR) is 76.5 cm³/mol. The Labute approximate surface area is 114 Å². The van der Waals surface area contributed by atoms with Crippen LogP contribution in [0.2, 0.25) is 0 Å². The van der Waals surface area contributed by atoms with Crippen molar-refractivity contribution in [2.45, 2.75) is 32.2 Å². The van der Waals surface area contributed by atoms with Gasteiger partial charge in [-0.1, -0.05) is 18.6 Å². The summed E-state index contributed by atoms with van der Waals surface area (Å²) in [5.41, 5.74) is 0.736. The molecule has 0 spiro atoms. The summed E-state index contributed by atoms with van der Waals surface area (Å²) >= 11 is 0. The van der Waals surface area contributed by atoms with Gasteiger partial charge in [0.15, 0.2) is 0 Å². The highest BCUT2D eigenvalue weighted by molar-refractivity contribution is 5.93. The number of anilines is 1. The lowest BCUT2D eigenvalue weighted by molar-refractivity contribution is -0.118. The number of carbonyl (C=O) groups excluding carboxylic acids is 1. The number of likely N-dealkylation sites (tertiary alicyclic amines) is 1. The zero-order valence-electron chi connectivity index (χ0n) is 11.7. The van der Waals surface area contributed by atoms with Gasteiger partial charge in [-0.25, -0.2) is 0 Å². The third-order valence-electron chi connectivity index (χ3n) is 3.67. The van der Waals surface area contributed by atoms with Crippen LogP contribution < -0.4 is 10.1 Å². The Bertz CT molecular complexity index is 434. The Morgan fingerprint density at radius 3 is 2.95 bits per heavy atom. The SMILES string of the molecule is COc1ccccc1NC(=O)CN1CCCCC1C. The van der Waals surface area contributed by atoms with Gasteiger partial charge in [0.1, 0.15) is 5.75 Å². The van der Waals surface area contributed by atoms with Gasteiger partial charge in [0.2, 0.25) is 5.91 Å². The minimum atomic E-state index is 0.0262. The lowest BCUT2D eigenvalue weighted by atomic mass is 10.0. The standard InChI is InChI=1S/C15H22N2O2/c1-12-7-5-6-10-17(12)11-15(18)16-13-8-3-4-9-14(13)19-2/h3-4,8-9,12H,5-7,10-11H2,1-2H3,(H,16,18). The Kier molecular flexibility index (Phi) is 4.80. The highest BCUT2D eigenvalue weighted by Gasteiger charge is 2.20. The summed E-state index contributed by atoms with van der Waals surface area (Å²) in [6.07, 6.45) is 3.64. The van der Waals surface area contributed by atoms with Gasteiger partial charge in [-0.15, -0.1) is 0 Å². The van der Waals surface area contributed by atoms with E-state index in [1.807, 2.05) is 24.3 Å². The van der Waals surface area contributed by atoms with Crippen LogP contribution in [0.5, 0.6) is 5.75 Å². The maximum absolute atomic E-state index is 12.1. The summed E-state index contributed by atoms with van der Waals surface area (Å²) in [7, 11) is 1.61. The second kappa shape index (κ2) is 6.57. The van der Waals surface area contributed by atoms with Crippen LogP contribution in [0, 0.1) is 0 Å². The number of nitrogens with zero attached hydrogens (tertiary/aromatic N) is 1. The number of ether oxygens (including phenoxy) is 1. The number of para-hydroxylation sites is 2. The van der Waals surface area contributed by atoms with Crippen LogP contribution in [0.4, 0.5) is 5.69 Å². The topological polar surface area (TPSA) is 41.6 Å². The van der Waals surface area contributed by atoms with Crippen LogP contribution >= 0.6 is 0 Å². The molecule has 104 valence electrons. The summed E-state index contributed by atoms with van der Waals surface area (Å²) in [6.45, 7) is 3.66. The van der Waals surface area contributed by atoms with Gasteiger partial charge in [-0.3, -0.25) is 9.69 Å². The summed E-state index contributed by atoms with van der Waals surface area (Å²) in [5.74, 6) is 0.723. The normalized spacial score (nSPS) is 20.0. The van der Waals surface area contributed by atoms with Crippen LogP contribution in [-0.4, -0.2) is 37.0 Å². The van der Waals surface area contributed by atoms with E-state index >= 15 is 0 Å². The average Bonchev–Trinajstić information content (AvgIpc) is 2.42. The minimum absolute atomic E-state index is 0.0262. The first-order valence-corrected chi connectivity index (χ1v) is 6.87. The second-order valence-electron chi connectivity index (χ2n) is 5.06. The number of carbonyl (C=O) groups is 1. The molecule has 1 aromatic carbocycles. The fourth-order valence-electron chi connectivity index (χ4n) is 2.51. The van der Waals surface area contributed by atoms with Gasteiger partial charge in [0.25, 0.3) is 0 Å². The number of piperidine rings is 1. The van der Waals surface area contributed by atoms with Crippen molar-refractivity contribution < 1.29 is 9.53 Å². The van der Waals surface area contributed by atoms with E-state index in [0.717, 1.165) is 12.2 Å². The molecule has 4 heteroatoms. The van der Waals surface area contributed by atoms with Gasteiger partial charge in [0.05, 0.1) is 19.3 Å². The van der Waals surface area contributed by atoms with E-state index in [4.69, 9.17) is 4.74 Å². The maximum Gasteiger partial charge on any atom is 0.238 e. The van der Waals surface area contributed by atoms with Crippen LogP contribution in [0.15, 0.2) is 24.3 Å². The second-order valence-corrected chi connectivity index (χ2v) is 5.06. The van der Waals surface area contributed by atoms with E-state index in [2.05, 4.69) is 17.1 Å². The molecule has 2 rings (SSSR count). The van der Waals surface area contributed by atoms with E-state index < -0.39 is 0 Å². The van der Waals surface area contributed by atoms with E-state index in [0.29, 0.717) is 18.3 Å². The molecule has 1 saturated heterocycles. The molecule has 1 aromatic rings. The minimum Gasteiger partial charge on any atom is -0.495 e. The predicted octanol–water partition coefficient (Wildman–Crippen LogP) is 2.51. The molecule has 1 unspecified atom stereocenters. The van der Waals surface area contributed by atoms with Gasteiger partial charge < -0.3 is 10.1 Å². The molecule has 4 nitrogen and oxygen atoms in total. The van der Waals surface area contributed by atoms with Gasteiger partial charge >= 0.3 is 0 Å². The van der Waals surface area contributed by atoms with Gasteiger partial charge in [-0.2, -0.15) is 0 Å².